The van der Waals surface area contributed by atoms with E-state index in [1.54, 1.807) is 18.2 Å². The summed E-state index contributed by atoms with van der Waals surface area (Å²) in [5.41, 5.74) is 0.216. The first kappa shape index (κ1) is 16.8. The molecule has 16 heavy (non-hydrogen) atoms. The van der Waals surface area contributed by atoms with Crippen molar-refractivity contribution in [3.63, 3.8) is 0 Å². The van der Waals surface area contributed by atoms with Gasteiger partial charge in [0.25, 0.3) is 0 Å². The van der Waals surface area contributed by atoms with Crippen molar-refractivity contribution in [2.24, 2.45) is 0 Å². The average Bonchev–Trinajstić information content (AvgIpc) is 2.35. The van der Waals surface area contributed by atoms with Crippen LogP contribution >= 0.6 is 0 Å². The minimum absolute atomic E-state index is 0.339. The van der Waals surface area contributed by atoms with E-state index in [2.05, 4.69) is 6.58 Å². The number of allylic oxidation sites excluding steroid dienone is 1. The Morgan fingerprint density at radius 1 is 1.19 bits per heavy atom. The second-order valence-corrected chi connectivity index (χ2v) is 2.27. The fraction of sp³-hybridized carbons (Fsp3) is 0.357. The first-order valence-electron chi connectivity index (χ1n) is 5.67. The van der Waals surface area contributed by atoms with Gasteiger partial charge in [0, 0.05) is 11.3 Å². The molecule has 0 fully saturated rings. The van der Waals surface area contributed by atoms with Gasteiger partial charge in [0.1, 0.15) is 5.42 Å². The summed E-state index contributed by atoms with van der Waals surface area (Å²) in [5.74, 6) is 0. The summed E-state index contributed by atoms with van der Waals surface area (Å²) in [6, 6.07) is 3.12. The minimum Gasteiger partial charge on any atom is -0.423 e. The van der Waals surface area contributed by atoms with Gasteiger partial charge in [0.05, 0.1) is 0 Å². The number of rotatable bonds is 1. The average molecular weight is 222 g/mol. The van der Waals surface area contributed by atoms with Crippen LogP contribution in [0.3, 0.4) is 0 Å². The van der Waals surface area contributed by atoms with Gasteiger partial charge in [-0.15, -0.1) is 0 Å². The van der Waals surface area contributed by atoms with E-state index in [-0.39, 0.29) is 5.63 Å². The lowest BCUT2D eigenvalue weighted by molar-refractivity contribution is 0.474. The summed E-state index contributed by atoms with van der Waals surface area (Å²) in [6.45, 7) is 13.4. The fourth-order valence-electron chi connectivity index (χ4n) is 0.917. The molecule has 1 heterocycles. The van der Waals surface area contributed by atoms with Crippen LogP contribution in [0.15, 0.2) is 34.0 Å². The summed E-state index contributed by atoms with van der Waals surface area (Å²) in [4.78, 5) is 10.8. The molecule has 0 saturated carbocycles. The summed E-state index contributed by atoms with van der Waals surface area (Å²) < 4.78 is 4.93. The fourth-order valence-corrected chi connectivity index (χ4v) is 0.917. The van der Waals surface area contributed by atoms with Gasteiger partial charge in [-0.2, -0.15) is 0 Å². The topological polar surface area (TPSA) is 30.2 Å². The van der Waals surface area contributed by atoms with E-state index in [0.717, 1.165) is 5.22 Å². The maximum absolute atomic E-state index is 10.8. The molecule has 0 saturated heterocycles. The first-order valence-corrected chi connectivity index (χ1v) is 5.67. The SMILES string of the molecule is C=C/C=c1/oc(=O)cc/c1=C/C.CC.CC. The monoisotopic (exact) mass is 222 g/mol. The Morgan fingerprint density at radius 3 is 2.19 bits per heavy atom. The van der Waals surface area contributed by atoms with Crippen LogP contribution in [0.5, 0.6) is 0 Å². The molecule has 0 aliphatic heterocycles. The Balaban J connectivity index is 0. The Labute approximate surface area is 97.6 Å². The molecule has 0 radical (unpaired) electrons. The van der Waals surface area contributed by atoms with E-state index in [0.29, 0.717) is 5.42 Å². The van der Waals surface area contributed by atoms with E-state index >= 15 is 0 Å². The molecule has 0 aliphatic carbocycles. The molecule has 1 aromatic rings. The maximum Gasteiger partial charge on any atom is 0.336 e. The third-order valence-electron chi connectivity index (χ3n) is 1.47. The van der Waals surface area contributed by atoms with Crippen LogP contribution < -0.4 is 16.3 Å². The normalized spacial score (nSPS) is 10.8. The number of hydrogen-bond donors (Lipinski definition) is 0. The molecular formula is C14H22O2. The molecule has 90 valence electrons. The zero-order chi connectivity index (χ0) is 13.0. The molecule has 0 amide bonds. The molecule has 0 atom stereocenters. The highest BCUT2D eigenvalue weighted by atomic mass is 16.4. The molecule has 0 bridgehead atoms. The lowest BCUT2D eigenvalue weighted by Gasteiger charge is -1.85. The third kappa shape index (κ3) is 6.02. The van der Waals surface area contributed by atoms with E-state index in [9.17, 15) is 4.79 Å². The highest BCUT2D eigenvalue weighted by molar-refractivity contribution is 5.33. The van der Waals surface area contributed by atoms with Gasteiger partial charge < -0.3 is 4.42 Å². The van der Waals surface area contributed by atoms with Crippen molar-refractivity contribution in [1.29, 1.82) is 0 Å². The zero-order valence-electron chi connectivity index (χ0n) is 10.9. The smallest absolute Gasteiger partial charge is 0.336 e. The Bertz CT molecular complexity index is 439. The standard InChI is InChI=1S/C10H10O2.2C2H6/c1-3-5-9-8(4-2)6-7-10(11)12-9;2*1-2/h3-7H,1H2,2H3;2*1-2H3/b8-4-,9-5+;;. The van der Waals surface area contributed by atoms with Crippen LogP contribution in [-0.2, 0) is 0 Å². The maximum atomic E-state index is 10.8. The molecule has 0 spiro atoms. The van der Waals surface area contributed by atoms with Crippen molar-refractivity contribution in [2.75, 3.05) is 0 Å². The van der Waals surface area contributed by atoms with Gasteiger partial charge >= 0.3 is 5.63 Å². The predicted molar refractivity (Wildman–Crippen MR) is 71.7 cm³/mol. The van der Waals surface area contributed by atoms with Crippen LogP contribution in [0.2, 0.25) is 0 Å². The van der Waals surface area contributed by atoms with Gasteiger partial charge in [0.2, 0.25) is 0 Å². The molecule has 1 rings (SSSR count). The second kappa shape index (κ2) is 11.5. The second-order valence-electron chi connectivity index (χ2n) is 2.27. The van der Waals surface area contributed by atoms with Crippen molar-refractivity contribution >= 4 is 12.2 Å². The molecule has 2 heteroatoms. The zero-order valence-corrected chi connectivity index (χ0v) is 10.9. The summed E-state index contributed by atoms with van der Waals surface area (Å²) >= 11 is 0. The minimum atomic E-state index is -0.339. The van der Waals surface area contributed by atoms with Crippen LogP contribution in [0, 0.1) is 0 Å². The van der Waals surface area contributed by atoms with Crippen molar-refractivity contribution in [3.8, 4) is 0 Å². The molecule has 0 aliphatic rings. The largest absolute Gasteiger partial charge is 0.423 e. The van der Waals surface area contributed by atoms with Gasteiger partial charge in [-0.05, 0) is 19.1 Å². The van der Waals surface area contributed by atoms with Crippen molar-refractivity contribution in [3.05, 3.63) is 45.8 Å². The van der Waals surface area contributed by atoms with E-state index in [1.807, 2.05) is 40.7 Å². The third-order valence-corrected chi connectivity index (χ3v) is 1.47. The highest BCUT2D eigenvalue weighted by Gasteiger charge is 1.86. The molecule has 0 unspecified atom stereocenters. The van der Waals surface area contributed by atoms with Gasteiger partial charge in [-0.1, -0.05) is 46.4 Å². The Morgan fingerprint density at radius 2 is 1.75 bits per heavy atom. The van der Waals surface area contributed by atoms with E-state index in [1.165, 1.54) is 6.07 Å². The summed E-state index contributed by atoms with van der Waals surface area (Å²) in [6.07, 6.45) is 5.13. The lowest BCUT2D eigenvalue weighted by Crippen LogP contribution is -2.27. The number of hydrogen-bond acceptors (Lipinski definition) is 2. The Kier molecular flexibility index (Phi) is 12.1. The molecule has 2 nitrogen and oxygen atoms in total. The van der Waals surface area contributed by atoms with Crippen LogP contribution in [0.4, 0.5) is 0 Å². The quantitative estimate of drug-likeness (QED) is 0.730. The van der Waals surface area contributed by atoms with Gasteiger partial charge in [-0.25, -0.2) is 4.79 Å². The van der Waals surface area contributed by atoms with Gasteiger partial charge in [-0.3, -0.25) is 0 Å². The van der Waals surface area contributed by atoms with Crippen molar-refractivity contribution in [2.45, 2.75) is 34.6 Å². The predicted octanol–water partition coefficient (Wildman–Crippen LogP) is 2.46. The molecule has 0 N–H and O–H groups in total. The van der Waals surface area contributed by atoms with Crippen molar-refractivity contribution < 1.29 is 4.42 Å². The van der Waals surface area contributed by atoms with Crippen LogP contribution in [0.25, 0.3) is 12.2 Å². The van der Waals surface area contributed by atoms with Crippen LogP contribution in [0.1, 0.15) is 34.6 Å². The first-order chi connectivity index (χ1) is 7.77. The Hall–Kier alpha value is -1.57. The highest BCUT2D eigenvalue weighted by Crippen LogP contribution is 1.66. The molecular weight excluding hydrogens is 200 g/mol. The molecule has 0 aromatic carbocycles. The summed E-state index contributed by atoms with van der Waals surface area (Å²) in [5, 5.41) is 0.898. The molecule has 1 aromatic heterocycles. The van der Waals surface area contributed by atoms with Gasteiger partial charge in [0.15, 0.2) is 0 Å². The van der Waals surface area contributed by atoms with E-state index < -0.39 is 0 Å². The lowest BCUT2D eigenvalue weighted by atomic mass is 10.3. The van der Waals surface area contributed by atoms with E-state index in [4.69, 9.17) is 4.42 Å². The van der Waals surface area contributed by atoms with Crippen LogP contribution in [-0.4, -0.2) is 0 Å². The van der Waals surface area contributed by atoms with Crippen molar-refractivity contribution in [1.82, 2.24) is 0 Å². The summed E-state index contributed by atoms with van der Waals surface area (Å²) in [7, 11) is 0.